The molecule has 1 N–H and O–H groups in total. The molecule has 23 heavy (non-hydrogen) atoms. The van der Waals surface area contributed by atoms with Gasteiger partial charge >= 0.3 is 0 Å². The van der Waals surface area contributed by atoms with Gasteiger partial charge in [-0.15, -0.1) is 0 Å². The summed E-state index contributed by atoms with van der Waals surface area (Å²) >= 11 is 0. The first-order valence-electron chi connectivity index (χ1n) is 7.63. The van der Waals surface area contributed by atoms with Crippen molar-refractivity contribution in [3.8, 4) is 11.8 Å². The number of rotatable bonds is 6. The second kappa shape index (κ2) is 8.00. The molecular weight excluding hydrogens is 288 g/mol. The standard InChI is InChI=1S/C19H20N2O2/c1-3-17(23-18-7-5-4-6-14(18)2)19(22)21-16-10-8-15(9-11-16)12-13-20/h4-11,17H,3,12H2,1-2H3,(H,21,22)/t17-/m0/s1. The Hall–Kier alpha value is -2.80. The molecular formula is C19H20N2O2. The number of carbonyl (C=O) groups is 1. The molecule has 0 saturated carbocycles. The normalized spacial score (nSPS) is 11.3. The molecule has 0 spiro atoms. The van der Waals surface area contributed by atoms with Crippen LogP contribution in [-0.2, 0) is 11.2 Å². The van der Waals surface area contributed by atoms with Crippen LogP contribution in [0.3, 0.4) is 0 Å². The lowest BCUT2D eigenvalue weighted by molar-refractivity contribution is -0.122. The molecule has 4 heteroatoms. The van der Waals surface area contributed by atoms with Crippen LogP contribution in [0.25, 0.3) is 0 Å². The Balaban J connectivity index is 2.02. The van der Waals surface area contributed by atoms with Gasteiger partial charge in [0.2, 0.25) is 0 Å². The number of nitrogens with zero attached hydrogens (tertiary/aromatic N) is 1. The third-order valence-corrected chi connectivity index (χ3v) is 3.53. The molecule has 2 aromatic rings. The lowest BCUT2D eigenvalue weighted by Gasteiger charge is -2.18. The number of aryl methyl sites for hydroxylation is 1. The zero-order valence-corrected chi connectivity index (χ0v) is 13.4. The van der Waals surface area contributed by atoms with E-state index in [1.165, 1.54) is 0 Å². The summed E-state index contributed by atoms with van der Waals surface area (Å²) in [6, 6.07) is 17.0. The van der Waals surface area contributed by atoms with Gasteiger partial charge in [-0.25, -0.2) is 0 Å². The predicted molar refractivity (Wildman–Crippen MR) is 90.3 cm³/mol. The molecule has 0 fully saturated rings. The molecule has 0 heterocycles. The molecule has 2 rings (SSSR count). The van der Waals surface area contributed by atoms with Gasteiger partial charge in [0.15, 0.2) is 6.10 Å². The van der Waals surface area contributed by atoms with E-state index >= 15 is 0 Å². The molecule has 1 atom stereocenters. The van der Waals surface area contributed by atoms with Crippen molar-refractivity contribution in [2.45, 2.75) is 32.8 Å². The van der Waals surface area contributed by atoms with E-state index in [9.17, 15) is 4.79 Å². The van der Waals surface area contributed by atoms with Crippen LogP contribution >= 0.6 is 0 Å². The summed E-state index contributed by atoms with van der Waals surface area (Å²) in [4.78, 5) is 12.4. The molecule has 0 aliphatic heterocycles. The number of hydrogen-bond donors (Lipinski definition) is 1. The summed E-state index contributed by atoms with van der Waals surface area (Å²) in [5.74, 6) is 0.544. The molecule has 0 aliphatic carbocycles. The number of carbonyl (C=O) groups excluding carboxylic acids is 1. The molecule has 4 nitrogen and oxygen atoms in total. The van der Waals surface area contributed by atoms with Gasteiger partial charge in [0.25, 0.3) is 5.91 Å². The summed E-state index contributed by atoms with van der Waals surface area (Å²) in [5, 5.41) is 11.5. The first-order chi connectivity index (χ1) is 11.1. The van der Waals surface area contributed by atoms with Gasteiger partial charge in [0.05, 0.1) is 12.5 Å². The topological polar surface area (TPSA) is 62.1 Å². The maximum Gasteiger partial charge on any atom is 0.265 e. The van der Waals surface area contributed by atoms with E-state index in [1.54, 1.807) is 12.1 Å². The minimum Gasteiger partial charge on any atom is -0.480 e. The zero-order chi connectivity index (χ0) is 16.7. The number of anilines is 1. The van der Waals surface area contributed by atoms with Crippen molar-refractivity contribution in [3.63, 3.8) is 0 Å². The largest absolute Gasteiger partial charge is 0.480 e. The van der Waals surface area contributed by atoms with Crippen molar-refractivity contribution in [1.82, 2.24) is 0 Å². The molecule has 0 aliphatic rings. The van der Waals surface area contributed by atoms with Crippen LogP contribution in [0.5, 0.6) is 5.75 Å². The van der Waals surface area contributed by atoms with Crippen LogP contribution in [0.2, 0.25) is 0 Å². The summed E-state index contributed by atoms with van der Waals surface area (Å²) in [6.07, 6.45) is 0.393. The van der Waals surface area contributed by atoms with E-state index in [0.29, 0.717) is 18.5 Å². The average Bonchev–Trinajstić information content (AvgIpc) is 2.56. The minimum atomic E-state index is -0.546. The van der Waals surface area contributed by atoms with E-state index in [2.05, 4.69) is 11.4 Å². The quantitative estimate of drug-likeness (QED) is 0.881. The maximum absolute atomic E-state index is 12.4. The number of ether oxygens (including phenoxy) is 1. The van der Waals surface area contributed by atoms with Crippen molar-refractivity contribution >= 4 is 11.6 Å². The fourth-order valence-corrected chi connectivity index (χ4v) is 2.18. The highest BCUT2D eigenvalue weighted by Gasteiger charge is 2.19. The fourth-order valence-electron chi connectivity index (χ4n) is 2.18. The third-order valence-electron chi connectivity index (χ3n) is 3.53. The molecule has 0 saturated heterocycles. The number of benzene rings is 2. The van der Waals surface area contributed by atoms with Crippen molar-refractivity contribution in [2.75, 3.05) is 5.32 Å². The fraction of sp³-hybridized carbons (Fsp3) is 0.263. The Kier molecular flexibility index (Phi) is 5.76. The van der Waals surface area contributed by atoms with Gasteiger partial charge in [0.1, 0.15) is 5.75 Å². The summed E-state index contributed by atoms with van der Waals surface area (Å²) in [6.45, 7) is 3.87. The summed E-state index contributed by atoms with van der Waals surface area (Å²) in [5.41, 5.74) is 2.62. The van der Waals surface area contributed by atoms with Crippen molar-refractivity contribution in [3.05, 3.63) is 59.7 Å². The minimum absolute atomic E-state index is 0.177. The highest BCUT2D eigenvalue weighted by molar-refractivity contribution is 5.94. The van der Waals surface area contributed by atoms with Gasteiger partial charge < -0.3 is 10.1 Å². The highest BCUT2D eigenvalue weighted by Crippen LogP contribution is 2.19. The first-order valence-corrected chi connectivity index (χ1v) is 7.63. The first kappa shape index (κ1) is 16.6. The Morgan fingerprint density at radius 2 is 1.91 bits per heavy atom. The molecule has 2 aromatic carbocycles. The maximum atomic E-state index is 12.4. The van der Waals surface area contributed by atoms with E-state index in [1.807, 2.05) is 50.2 Å². The Morgan fingerprint density at radius 1 is 1.22 bits per heavy atom. The lowest BCUT2D eigenvalue weighted by atomic mass is 10.1. The van der Waals surface area contributed by atoms with Gasteiger partial charge in [0, 0.05) is 5.69 Å². The number of para-hydroxylation sites is 1. The summed E-state index contributed by atoms with van der Waals surface area (Å²) < 4.78 is 5.84. The van der Waals surface area contributed by atoms with Crippen LogP contribution in [0.15, 0.2) is 48.5 Å². The van der Waals surface area contributed by atoms with Crippen LogP contribution in [0.4, 0.5) is 5.69 Å². The molecule has 1 amide bonds. The van der Waals surface area contributed by atoms with E-state index < -0.39 is 6.10 Å². The molecule has 0 bridgehead atoms. The van der Waals surface area contributed by atoms with Gasteiger partial charge in [-0.3, -0.25) is 4.79 Å². The third kappa shape index (κ3) is 4.58. The van der Waals surface area contributed by atoms with E-state index in [4.69, 9.17) is 10.00 Å². The smallest absolute Gasteiger partial charge is 0.265 e. The van der Waals surface area contributed by atoms with Crippen LogP contribution < -0.4 is 10.1 Å². The van der Waals surface area contributed by atoms with Crippen molar-refractivity contribution in [1.29, 1.82) is 5.26 Å². The zero-order valence-electron chi connectivity index (χ0n) is 13.4. The predicted octanol–water partition coefficient (Wildman–Crippen LogP) is 3.86. The average molecular weight is 308 g/mol. The number of nitriles is 1. The Labute approximate surface area is 136 Å². The second-order valence-corrected chi connectivity index (χ2v) is 5.30. The molecule has 118 valence electrons. The van der Waals surface area contributed by atoms with Gasteiger partial charge in [-0.2, -0.15) is 5.26 Å². The molecule has 0 aromatic heterocycles. The molecule has 0 unspecified atom stereocenters. The van der Waals surface area contributed by atoms with Gasteiger partial charge in [-0.1, -0.05) is 37.3 Å². The number of nitrogens with one attached hydrogen (secondary N) is 1. The number of amides is 1. The van der Waals surface area contributed by atoms with E-state index in [-0.39, 0.29) is 5.91 Å². The lowest BCUT2D eigenvalue weighted by Crippen LogP contribution is -2.32. The van der Waals surface area contributed by atoms with Crippen LogP contribution in [-0.4, -0.2) is 12.0 Å². The number of hydrogen-bond acceptors (Lipinski definition) is 3. The highest BCUT2D eigenvalue weighted by atomic mass is 16.5. The van der Waals surface area contributed by atoms with Crippen molar-refractivity contribution < 1.29 is 9.53 Å². The van der Waals surface area contributed by atoms with Crippen LogP contribution in [0.1, 0.15) is 24.5 Å². The Morgan fingerprint density at radius 3 is 2.52 bits per heavy atom. The Bertz CT molecular complexity index is 702. The monoisotopic (exact) mass is 308 g/mol. The van der Waals surface area contributed by atoms with Gasteiger partial charge in [-0.05, 0) is 42.7 Å². The SMILES string of the molecule is CC[C@H](Oc1ccccc1C)C(=O)Nc1ccc(CC#N)cc1. The molecule has 0 radical (unpaired) electrons. The van der Waals surface area contributed by atoms with Crippen molar-refractivity contribution in [2.24, 2.45) is 0 Å². The van der Waals surface area contributed by atoms with Crippen LogP contribution in [0, 0.1) is 18.3 Å². The summed E-state index contributed by atoms with van der Waals surface area (Å²) in [7, 11) is 0. The second-order valence-electron chi connectivity index (χ2n) is 5.30. The van der Waals surface area contributed by atoms with E-state index in [0.717, 1.165) is 16.9 Å².